The van der Waals surface area contributed by atoms with Crippen LogP contribution in [0.5, 0.6) is 0 Å². The molecule has 0 saturated carbocycles. The molecule has 0 unspecified atom stereocenters. The van der Waals surface area contributed by atoms with Gasteiger partial charge in [-0.05, 0) is 34.1 Å². The molecule has 0 spiro atoms. The fraction of sp³-hybridized carbons (Fsp3) is 0. The molecule has 1 aromatic carbocycles. The number of hydrogen-bond donors (Lipinski definition) is 2. The second-order valence-corrected chi connectivity index (χ2v) is 4.93. The van der Waals surface area contributed by atoms with Gasteiger partial charge in [-0.25, -0.2) is 9.97 Å². The first-order valence-electron chi connectivity index (χ1n) is 5.23. The molecule has 1 heterocycles. The first-order chi connectivity index (χ1) is 9.08. The summed E-state index contributed by atoms with van der Waals surface area (Å²) in [5, 5.41) is 2.74. The maximum Gasteiger partial charge on any atom is 0.258 e. The lowest BCUT2D eigenvalue weighted by Gasteiger charge is -2.08. The number of nitrogens with two attached hydrogens (primary N) is 1. The second kappa shape index (κ2) is 5.85. The van der Waals surface area contributed by atoms with E-state index in [2.05, 4.69) is 31.2 Å². The van der Waals surface area contributed by atoms with E-state index in [0.717, 1.165) is 5.56 Å². The summed E-state index contributed by atoms with van der Waals surface area (Å²) in [6, 6.07) is 5.21. The molecule has 1 amide bonds. The molecule has 19 heavy (non-hydrogen) atoms. The largest absolute Gasteiger partial charge is 0.389 e. The third-order valence-electron chi connectivity index (χ3n) is 2.32. The van der Waals surface area contributed by atoms with Crippen molar-refractivity contribution in [1.82, 2.24) is 9.97 Å². The zero-order valence-electron chi connectivity index (χ0n) is 9.63. The SMILES string of the molecule is NC(=S)c1ccc(NC(=O)c2cncnc2)c(Br)c1. The minimum Gasteiger partial charge on any atom is -0.389 e. The van der Waals surface area contributed by atoms with Crippen molar-refractivity contribution in [2.75, 3.05) is 5.32 Å². The third kappa shape index (κ3) is 3.33. The van der Waals surface area contributed by atoms with Crippen molar-refractivity contribution >= 4 is 44.7 Å². The molecule has 2 rings (SSSR count). The topological polar surface area (TPSA) is 80.9 Å². The van der Waals surface area contributed by atoms with E-state index >= 15 is 0 Å². The molecule has 0 aliphatic heterocycles. The Morgan fingerprint density at radius 2 is 1.95 bits per heavy atom. The van der Waals surface area contributed by atoms with Crippen LogP contribution in [0.25, 0.3) is 0 Å². The minimum absolute atomic E-state index is 0.288. The molecule has 0 aliphatic rings. The van der Waals surface area contributed by atoms with E-state index in [1.165, 1.54) is 18.7 Å². The number of nitrogens with zero attached hydrogens (tertiary/aromatic N) is 2. The standard InChI is InChI=1S/C12H9BrN4OS/c13-9-3-7(11(14)19)1-2-10(9)17-12(18)8-4-15-6-16-5-8/h1-6H,(H2,14,19)(H,17,18). The van der Waals surface area contributed by atoms with E-state index in [1.54, 1.807) is 18.2 Å². The van der Waals surface area contributed by atoms with Gasteiger partial charge in [0, 0.05) is 22.4 Å². The van der Waals surface area contributed by atoms with Crippen molar-refractivity contribution in [3.8, 4) is 0 Å². The second-order valence-electron chi connectivity index (χ2n) is 3.64. The van der Waals surface area contributed by atoms with E-state index in [1.807, 2.05) is 0 Å². The highest BCUT2D eigenvalue weighted by atomic mass is 79.9. The number of benzene rings is 1. The number of thiocarbonyl (C=S) groups is 1. The molecule has 0 bridgehead atoms. The predicted molar refractivity (Wildman–Crippen MR) is 80.0 cm³/mol. The number of carbonyl (C=O) groups excluding carboxylic acids is 1. The van der Waals surface area contributed by atoms with Gasteiger partial charge in [0.05, 0.1) is 11.3 Å². The van der Waals surface area contributed by atoms with Gasteiger partial charge in [-0.15, -0.1) is 0 Å². The van der Waals surface area contributed by atoms with E-state index in [0.29, 0.717) is 20.7 Å². The third-order valence-corrected chi connectivity index (χ3v) is 3.22. The Balaban J connectivity index is 2.20. The zero-order chi connectivity index (χ0) is 13.8. The Morgan fingerprint density at radius 1 is 1.26 bits per heavy atom. The van der Waals surface area contributed by atoms with E-state index in [9.17, 15) is 4.79 Å². The number of halogens is 1. The van der Waals surface area contributed by atoms with Gasteiger partial charge in [0.25, 0.3) is 5.91 Å². The van der Waals surface area contributed by atoms with E-state index in [-0.39, 0.29) is 5.91 Å². The summed E-state index contributed by atoms with van der Waals surface area (Å²) in [5.41, 5.74) is 7.26. The van der Waals surface area contributed by atoms with Gasteiger partial charge in [0.1, 0.15) is 11.3 Å². The fourth-order valence-electron chi connectivity index (χ4n) is 1.38. The summed E-state index contributed by atoms with van der Waals surface area (Å²) < 4.78 is 0.697. The molecular weight excluding hydrogens is 328 g/mol. The quantitative estimate of drug-likeness (QED) is 0.839. The molecule has 0 atom stereocenters. The van der Waals surface area contributed by atoms with Gasteiger partial charge >= 0.3 is 0 Å². The van der Waals surface area contributed by atoms with Crippen LogP contribution in [0, 0.1) is 0 Å². The first-order valence-corrected chi connectivity index (χ1v) is 6.44. The lowest BCUT2D eigenvalue weighted by Crippen LogP contribution is -2.14. The normalized spacial score (nSPS) is 9.95. The van der Waals surface area contributed by atoms with Gasteiger partial charge in [0.2, 0.25) is 0 Å². The molecule has 0 saturated heterocycles. The summed E-state index contributed by atoms with van der Waals surface area (Å²) >= 11 is 8.24. The molecule has 0 aliphatic carbocycles. The van der Waals surface area contributed by atoms with Crippen LogP contribution >= 0.6 is 28.1 Å². The van der Waals surface area contributed by atoms with Gasteiger partial charge in [-0.2, -0.15) is 0 Å². The number of carbonyl (C=O) groups is 1. The molecular formula is C12H9BrN4OS. The van der Waals surface area contributed by atoms with Crippen LogP contribution in [0.4, 0.5) is 5.69 Å². The van der Waals surface area contributed by atoms with Crippen LogP contribution < -0.4 is 11.1 Å². The van der Waals surface area contributed by atoms with Crippen molar-refractivity contribution in [3.05, 3.63) is 52.5 Å². The number of aromatic nitrogens is 2. The number of amides is 1. The van der Waals surface area contributed by atoms with Crippen molar-refractivity contribution in [3.63, 3.8) is 0 Å². The van der Waals surface area contributed by atoms with E-state index < -0.39 is 0 Å². The van der Waals surface area contributed by atoms with Crippen molar-refractivity contribution in [1.29, 1.82) is 0 Å². The van der Waals surface area contributed by atoms with Crippen LogP contribution in [0.3, 0.4) is 0 Å². The van der Waals surface area contributed by atoms with Crippen LogP contribution in [0.15, 0.2) is 41.4 Å². The molecule has 1 aromatic heterocycles. The number of anilines is 1. The molecule has 0 radical (unpaired) electrons. The summed E-state index contributed by atoms with van der Waals surface area (Å²) in [5.74, 6) is -0.288. The number of nitrogens with one attached hydrogen (secondary N) is 1. The molecule has 0 fully saturated rings. The average Bonchev–Trinajstić information content (AvgIpc) is 2.41. The van der Waals surface area contributed by atoms with Gasteiger partial charge in [-0.3, -0.25) is 4.79 Å². The Labute approximate surface area is 123 Å². The minimum atomic E-state index is -0.288. The Bertz CT molecular complexity index is 633. The predicted octanol–water partition coefficient (Wildman–Crippen LogP) is 2.13. The molecule has 2 aromatic rings. The Kier molecular flexibility index (Phi) is 4.18. The average molecular weight is 337 g/mol. The monoisotopic (exact) mass is 336 g/mol. The lowest BCUT2D eigenvalue weighted by atomic mass is 10.2. The van der Waals surface area contributed by atoms with Crippen molar-refractivity contribution < 1.29 is 4.79 Å². The lowest BCUT2D eigenvalue weighted by molar-refractivity contribution is 0.102. The summed E-state index contributed by atoms with van der Waals surface area (Å²) in [6.07, 6.45) is 4.25. The molecule has 5 nitrogen and oxygen atoms in total. The van der Waals surface area contributed by atoms with Gasteiger partial charge in [0.15, 0.2) is 0 Å². The van der Waals surface area contributed by atoms with Crippen molar-refractivity contribution in [2.45, 2.75) is 0 Å². The molecule has 3 N–H and O–H groups in total. The smallest absolute Gasteiger partial charge is 0.258 e. The van der Waals surface area contributed by atoms with E-state index in [4.69, 9.17) is 18.0 Å². The van der Waals surface area contributed by atoms with Crippen LogP contribution in [0.2, 0.25) is 0 Å². The maximum atomic E-state index is 11.9. The zero-order valence-corrected chi connectivity index (χ0v) is 12.0. The Morgan fingerprint density at radius 3 is 2.53 bits per heavy atom. The fourth-order valence-corrected chi connectivity index (χ4v) is 1.99. The highest BCUT2D eigenvalue weighted by Gasteiger charge is 2.09. The van der Waals surface area contributed by atoms with Gasteiger partial charge in [-0.1, -0.05) is 12.2 Å². The number of rotatable bonds is 3. The molecule has 7 heteroatoms. The molecule has 96 valence electrons. The van der Waals surface area contributed by atoms with Crippen molar-refractivity contribution in [2.24, 2.45) is 5.73 Å². The summed E-state index contributed by atoms with van der Waals surface area (Å²) in [6.45, 7) is 0. The highest BCUT2D eigenvalue weighted by Crippen LogP contribution is 2.24. The summed E-state index contributed by atoms with van der Waals surface area (Å²) in [4.78, 5) is 19.8. The Hall–Kier alpha value is -1.86. The first kappa shape index (κ1) is 13.6. The highest BCUT2D eigenvalue weighted by molar-refractivity contribution is 9.10. The maximum absolute atomic E-state index is 11.9. The summed E-state index contributed by atoms with van der Waals surface area (Å²) in [7, 11) is 0. The van der Waals surface area contributed by atoms with Crippen LogP contribution in [-0.4, -0.2) is 20.9 Å². The van der Waals surface area contributed by atoms with Crippen LogP contribution in [0.1, 0.15) is 15.9 Å². The van der Waals surface area contributed by atoms with Gasteiger partial charge < -0.3 is 11.1 Å². The van der Waals surface area contributed by atoms with Crippen LogP contribution in [-0.2, 0) is 0 Å². The number of hydrogen-bond acceptors (Lipinski definition) is 4.